The largest absolute Gasteiger partial charge is 0.417 e. The highest BCUT2D eigenvalue weighted by Crippen LogP contribution is 2.49. The average Bonchev–Trinajstić information content (AvgIpc) is 4.13. The summed E-state index contributed by atoms with van der Waals surface area (Å²) in [7, 11) is 0. The second-order valence-electron chi connectivity index (χ2n) is 19.1. The predicted molar refractivity (Wildman–Crippen MR) is 295 cm³/mol. The van der Waals surface area contributed by atoms with Crippen LogP contribution in [0.1, 0.15) is 71.0 Å². The van der Waals surface area contributed by atoms with Crippen molar-refractivity contribution in [1.82, 2.24) is 54.0 Å². The monoisotopic (exact) mass is 1080 g/mol. The Balaban J connectivity index is 1.29. The molecule has 0 saturated heterocycles. The fourth-order valence-electron chi connectivity index (χ4n) is 10.4. The van der Waals surface area contributed by atoms with Crippen LogP contribution >= 0.6 is 0 Å². The van der Waals surface area contributed by atoms with Crippen LogP contribution in [0, 0.1) is 52.9 Å². The van der Waals surface area contributed by atoms with Crippen molar-refractivity contribution >= 4 is 55.3 Å². The van der Waals surface area contributed by atoms with Gasteiger partial charge in [-0.2, -0.15) is 31.6 Å². The van der Waals surface area contributed by atoms with Crippen molar-refractivity contribution in [3.05, 3.63) is 160 Å². The van der Waals surface area contributed by atoms with Gasteiger partial charge in [-0.05, 0) is 152 Å². The maximum atomic E-state index is 15.7. The lowest BCUT2D eigenvalue weighted by Crippen LogP contribution is -2.15. The van der Waals surface area contributed by atoms with E-state index >= 15 is 26.3 Å². The molecule has 21 heteroatoms. The summed E-state index contributed by atoms with van der Waals surface area (Å²) >= 11 is 0. The van der Waals surface area contributed by atoms with Gasteiger partial charge in [0, 0.05) is 61.5 Å². The number of nitrogens with two attached hydrogens (primary N) is 1. The number of nitrogens with zero attached hydrogens (tertiary/aromatic N) is 14. The van der Waals surface area contributed by atoms with E-state index in [-0.39, 0.29) is 22.8 Å². The van der Waals surface area contributed by atoms with Gasteiger partial charge in [-0.3, -0.25) is 4.99 Å². The lowest BCUT2D eigenvalue weighted by Gasteiger charge is -2.24. The standard InChI is InChI=1S/C59H45F6N15/c1-9-68-54(69-28(2)67)35-13-17-49-40(21-35)43-24-38(57-77-33(7)72-34(8)78-57)16-20-50(43)80(49)52-25-39(27-66)51(26-44(52)53-45(58(60,61)62)11-10-12-46(53)59(63,64)65)79-47-18-14-36(55-73-29(3)70-30(4)74-55)22-41(47)42-23-37(15-19-48(42)79)56-75-31(5)71-32(6)76-56/h10-26H,9H2,1-8H3,(H2,67,68,69). The number of amidine groups is 2. The van der Waals surface area contributed by atoms with E-state index in [9.17, 15) is 5.26 Å². The van der Waals surface area contributed by atoms with Crippen molar-refractivity contribution < 1.29 is 26.3 Å². The summed E-state index contributed by atoms with van der Waals surface area (Å²) in [4.78, 5) is 49.6. The Morgan fingerprint density at radius 1 is 0.525 bits per heavy atom. The van der Waals surface area contributed by atoms with Gasteiger partial charge in [0.05, 0.1) is 56.0 Å². The molecule has 11 rings (SSSR count). The third-order valence-corrected chi connectivity index (χ3v) is 13.4. The number of hydrogen-bond donors (Lipinski definition) is 1. The molecule has 80 heavy (non-hydrogen) atoms. The van der Waals surface area contributed by atoms with Crippen LogP contribution in [0.15, 0.2) is 113 Å². The topological polar surface area (TPSA) is 200 Å². The molecule has 398 valence electrons. The molecule has 0 radical (unpaired) electrons. The molecule has 6 aromatic carbocycles. The van der Waals surface area contributed by atoms with Crippen LogP contribution < -0.4 is 5.73 Å². The van der Waals surface area contributed by atoms with Crippen molar-refractivity contribution in [2.24, 2.45) is 15.7 Å². The molecule has 0 aliphatic heterocycles. The summed E-state index contributed by atoms with van der Waals surface area (Å²) in [5.41, 5.74) is 4.92. The number of rotatable bonds is 8. The number of fused-ring (bicyclic) bond motifs is 6. The molecule has 0 saturated carbocycles. The smallest absolute Gasteiger partial charge is 0.387 e. The minimum Gasteiger partial charge on any atom is -0.387 e. The SMILES string of the molecule is CCN=C(N=C(C)N)c1ccc2c(c1)c1cc(-c3nc(C)nc(C)n3)ccc1n2-c1cc(C#N)c(-n2c3ccc(-c4nc(C)nc(C)n4)cc3c3cc(-c4nc(C)nc(C)n4)ccc32)cc1-c1c(C(F)(F)F)cccc1C(F)(F)F. The number of aryl methyl sites for hydroxylation is 6. The molecule has 0 fully saturated rings. The van der Waals surface area contributed by atoms with Crippen molar-refractivity contribution in [1.29, 1.82) is 5.26 Å². The van der Waals surface area contributed by atoms with Gasteiger partial charge >= 0.3 is 12.4 Å². The van der Waals surface area contributed by atoms with E-state index in [4.69, 9.17) is 5.73 Å². The molecular weight excluding hydrogens is 1030 g/mol. The van der Waals surface area contributed by atoms with Gasteiger partial charge in [0.15, 0.2) is 23.3 Å². The first-order chi connectivity index (χ1) is 38.1. The van der Waals surface area contributed by atoms with Crippen molar-refractivity contribution in [2.45, 2.75) is 67.7 Å². The molecule has 0 atom stereocenters. The van der Waals surface area contributed by atoms with E-state index < -0.39 is 34.6 Å². The number of aromatic nitrogens is 11. The van der Waals surface area contributed by atoms with E-state index in [0.29, 0.717) is 143 Å². The van der Waals surface area contributed by atoms with Crippen LogP contribution in [0.3, 0.4) is 0 Å². The minimum absolute atomic E-state index is 0.0168. The molecule has 5 aromatic heterocycles. The zero-order chi connectivity index (χ0) is 56.7. The van der Waals surface area contributed by atoms with Gasteiger partial charge in [0.2, 0.25) is 0 Å². The number of alkyl halides is 6. The molecule has 2 N–H and O–H groups in total. The first-order valence-electron chi connectivity index (χ1n) is 25.1. The first-order valence-corrected chi connectivity index (χ1v) is 25.1. The number of benzene rings is 6. The fourth-order valence-corrected chi connectivity index (χ4v) is 10.4. The van der Waals surface area contributed by atoms with Gasteiger partial charge in [-0.15, -0.1) is 0 Å². The number of nitriles is 1. The Morgan fingerprint density at radius 2 is 0.912 bits per heavy atom. The molecule has 15 nitrogen and oxygen atoms in total. The Bertz CT molecular complexity index is 4300. The Morgan fingerprint density at radius 3 is 1.29 bits per heavy atom. The van der Waals surface area contributed by atoms with Crippen LogP contribution in [0.2, 0.25) is 0 Å². The average molecular weight is 1080 g/mol. The summed E-state index contributed by atoms with van der Waals surface area (Å²) < 4.78 is 97.5. The lowest BCUT2D eigenvalue weighted by atomic mass is 9.90. The molecule has 0 aliphatic rings. The van der Waals surface area contributed by atoms with Gasteiger partial charge in [-0.1, -0.05) is 6.07 Å². The summed E-state index contributed by atoms with van der Waals surface area (Å²) in [5.74, 6) is 4.40. The molecule has 0 unspecified atom stereocenters. The molecule has 0 aliphatic carbocycles. The summed E-state index contributed by atoms with van der Waals surface area (Å²) in [5, 5.41) is 13.6. The minimum atomic E-state index is -5.30. The highest BCUT2D eigenvalue weighted by Gasteiger charge is 2.42. The Kier molecular flexibility index (Phi) is 12.8. The van der Waals surface area contributed by atoms with E-state index in [2.05, 4.69) is 60.9 Å². The zero-order valence-electron chi connectivity index (χ0n) is 44.1. The number of halogens is 6. The second kappa shape index (κ2) is 19.6. The molecule has 0 bridgehead atoms. The quantitative estimate of drug-likeness (QED) is 0.0862. The molecule has 0 amide bonds. The third-order valence-electron chi connectivity index (χ3n) is 13.4. The van der Waals surface area contributed by atoms with Crippen molar-refractivity contribution in [3.63, 3.8) is 0 Å². The van der Waals surface area contributed by atoms with Gasteiger partial charge < -0.3 is 14.9 Å². The Labute approximate surface area is 452 Å². The molecule has 5 heterocycles. The van der Waals surface area contributed by atoms with Crippen molar-refractivity contribution in [3.8, 4) is 62.7 Å². The number of aliphatic imine (C=N–C) groups is 2. The van der Waals surface area contributed by atoms with E-state index in [1.807, 2.05) is 19.1 Å². The van der Waals surface area contributed by atoms with Gasteiger partial charge in [0.1, 0.15) is 41.0 Å². The van der Waals surface area contributed by atoms with E-state index in [1.165, 1.54) is 12.1 Å². The van der Waals surface area contributed by atoms with Crippen LogP contribution in [0.4, 0.5) is 26.3 Å². The van der Waals surface area contributed by atoms with Crippen molar-refractivity contribution in [2.75, 3.05) is 6.54 Å². The normalized spacial score (nSPS) is 12.6. The van der Waals surface area contributed by atoms with Crippen LogP contribution in [0.25, 0.3) is 100 Å². The molecule has 11 aromatic rings. The van der Waals surface area contributed by atoms with E-state index in [0.717, 1.165) is 6.07 Å². The lowest BCUT2D eigenvalue weighted by molar-refractivity contribution is -0.142. The highest BCUT2D eigenvalue weighted by molar-refractivity contribution is 6.15. The molecule has 0 spiro atoms. The number of hydrogen-bond acceptors (Lipinski definition) is 11. The van der Waals surface area contributed by atoms with Crippen LogP contribution in [-0.4, -0.2) is 72.2 Å². The van der Waals surface area contributed by atoms with Crippen LogP contribution in [-0.2, 0) is 12.4 Å². The summed E-state index contributed by atoms with van der Waals surface area (Å²) in [6, 6.07) is 27.9. The maximum Gasteiger partial charge on any atom is 0.417 e. The highest BCUT2D eigenvalue weighted by atomic mass is 19.4. The van der Waals surface area contributed by atoms with Gasteiger partial charge in [-0.25, -0.2) is 49.8 Å². The fraction of sp³-hybridized carbons (Fsp3) is 0.186. The summed E-state index contributed by atoms with van der Waals surface area (Å²) in [6.07, 6.45) is -10.6. The van der Waals surface area contributed by atoms with E-state index in [1.54, 1.807) is 118 Å². The first kappa shape index (κ1) is 52.2. The Hall–Kier alpha value is -9.84. The predicted octanol–water partition coefficient (Wildman–Crippen LogP) is 13.0. The van der Waals surface area contributed by atoms with Crippen LogP contribution in [0.5, 0.6) is 0 Å². The second-order valence-corrected chi connectivity index (χ2v) is 19.1. The maximum absolute atomic E-state index is 15.7. The van der Waals surface area contributed by atoms with Gasteiger partial charge in [0.25, 0.3) is 0 Å². The third kappa shape index (κ3) is 9.37. The molecular formula is C59H45F6N15. The summed E-state index contributed by atoms with van der Waals surface area (Å²) in [6.45, 7) is 14.2. The zero-order valence-corrected chi connectivity index (χ0v) is 44.1.